The number of ether oxygens (including phenoxy) is 1. The molecule has 2 nitrogen and oxygen atoms in total. The third kappa shape index (κ3) is 4.52. The summed E-state index contributed by atoms with van der Waals surface area (Å²) in [5.41, 5.74) is 5.14. The number of rotatable bonds is 1. The second-order valence-electron chi connectivity index (χ2n) is 2.35. The van der Waals surface area contributed by atoms with Gasteiger partial charge in [0.05, 0.1) is 10.7 Å². The average Bonchev–Trinajstić information content (AvgIpc) is 1.97. The van der Waals surface area contributed by atoms with E-state index in [1.165, 1.54) is 6.07 Å². The van der Waals surface area contributed by atoms with Crippen LogP contribution in [0.1, 0.15) is 0 Å². The molecule has 86 valence electrons. The molecule has 0 unspecified atom stereocenters. The molecule has 0 fully saturated rings. The lowest BCUT2D eigenvalue weighted by molar-refractivity contribution is -0.274. The van der Waals surface area contributed by atoms with Crippen LogP contribution in [0.15, 0.2) is 12.1 Å². The summed E-state index contributed by atoms with van der Waals surface area (Å²) in [6.07, 6.45) is -4.75. The second kappa shape index (κ2) is 5.31. The third-order valence-electron chi connectivity index (χ3n) is 1.28. The maximum absolute atomic E-state index is 11.8. The van der Waals surface area contributed by atoms with Gasteiger partial charge in [0.2, 0.25) is 0 Å². The predicted octanol–water partition coefficient (Wildman–Crippen LogP) is 3.85. The number of hydrogen-bond donors (Lipinski definition) is 1. The van der Waals surface area contributed by atoms with Gasteiger partial charge < -0.3 is 10.5 Å². The Labute approximate surface area is 108 Å². The van der Waals surface area contributed by atoms with E-state index in [1.54, 1.807) is 22.6 Å². The molecule has 1 aromatic carbocycles. The molecule has 0 bridgehead atoms. The fourth-order valence-electron chi connectivity index (χ4n) is 0.757. The van der Waals surface area contributed by atoms with Crippen molar-refractivity contribution in [3.8, 4) is 5.75 Å². The van der Waals surface area contributed by atoms with Gasteiger partial charge in [-0.3, -0.25) is 0 Å². The molecule has 0 aromatic heterocycles. The average molecular weight is 374 g/mol. The van der Waals surface area contributed by atoms with Crippen molar-refractivity contribution in [1.29, 1.82) is 0 Å². The van der Waals surface area contributed by atoms with Crippen molar-refractivity contribution in [2.45, 2.75) is 6.36 Å². The zero-order valence-corrected chi connectivity index (χ0v) is 10.7. The summed E-state index contributed by atoms with van der Waals surface area (Å²) in [6, 6.07) is 2.34. The summed E-state index contributed by atoms with van der Waals surface area (Å²) in [5.74, 6) is -0.439. The Morgan fingerprint density at radius 1 is 1.33 bits per heavy atom. The van der Waals surface area contributed by atoms with Gasteiger partial charge in [-0.15, -0.1) is 25.6 Å². The fraction of sp³-hybridized carbons (Fsp3) is 0.143. The smallest absolute Gasteiger partial charge is 0.404 e. The first-order valence-corrected chi connectivity index (χ1v) is 4.75. The lowest BCUT2D eigenvalue weighted by atomic mass is 10.3. The van der Waals surface area contributed by atoms with E-state index in [9.17, 15) is 13.2 Å². The highest BCUT2D eigenvalue weighted by atomic mass is 127. The van der Waals surface area contributed by atoms with Crippen LogP contribution in [0.3, 0.4) is 0 Å². The van der Waals surface area contributed by atoms with E-state index in [4.69, 9.17) is 17.3 Å². The molecule has 8 heteroatoms. The van der Waals surface area contributed by atoms with Crippen LogP contribution in [0.5, 0.6) is 5.75 Å². The number of anilines is 1. The Balaban J connectivity index is 0.00000196. The van der Waals surface area contributed by atoms with Gasteiger partial charge in [0.15, 0.2) is 5.75 Å². The van der Waals surface area contributed by atoms with Crippen LogP contribution in [-0.2, 0) is 0 Å². The molecule has 0 atom stereocenters. The van der Waals surface area contributed by atoms with Crippen molar-refractivity contribution in [1.82, 2.24) is 0 Å². The zero-order chi connectivity index (χ0) is 10.9. The van der Waals surface area contributed by atoms with Crippen LogP contribution in [-0.4, -0.2) is 6.36 Å². The Kier molecular flexibility index (Phi) is 5.28. The molecule has 0 aliphatic carbocycles. The highest BCUT2D eigenvalue weighted by Gasteiger charge is 2.32. The minimum atomic E-state index is -4.75. The first-order valence-electron chi connectivity index (χ1n) is 3.30. The normalized spacial score (nSPS) is 10.7. The van der Waals surface area contributed by atoms with Crippen LogP contribution < -0.4 is 10.5 Å². The molecular weight excluding hydrogens is 369 g/mol. The van der Waals surface area contributed by atoms with Gasteiger partial charge in [0.25, 0.3) is 0 Å². The molecule has 1 aromatic rings. The van der Waals surface area contributed by atoms with Crippen LogP contribution in [0.25, 0.3) is 0 Å². The molecule has 1 rings (SSSR count). The summed E-state index contributed by atoms with van der Waals surface area (Å²) < 4.78 is 39.6. The number of halogens is 6. The van der Waals surface area contributed by atoms with E-state index >= 15 is 0 Å². The maximum atomic E-state index is 11.8. The molecule has 0 heterocycles. The fourth-order valence-corrected chi connectivity index (χ4v) is 1.37. The van der Waals surface area contributed by atoms with Crippen molar-refractivity contribution in [3.05, 3.63) is 20.7 Å². The van der Waals surface area contributed by atoms with Gasteiger partial charge in [-0.25, -0.2) is 0 Å². The van der Waals surface area contributed by atoms with E-state index in [2.05, 4.69) is 4.74 Å². The summed E-state index contributed by atoms with van der Waals surface area (Å²) in [4.78, 5) is 0. The van der Waals surface area contributed by atoms with Crippen molar-refractivity contribution in [2.24, 2.45) is 0 Å². The van der Waals surface area contributed by atoms with Gasteiger partial charge in [-0.2, -0.15) is 0 Å². The van der Waals surface area contributed by atoms with Crippen molar-refractivity contribution in [2.75, 3.05) is 5.73 Å². The van der Waals surface area contributed by atoms with Crippen LogP contribution in [0, 0.1) is 3.57 Å². The van der Waals surface area contributed by atoms with Crippen LogP contribution in [0.2, 0.25) is 5.02 Å². The van der Waals surface area contributed by atoms with Crippen molar-refractivity contribution in [3.63, 3.8) is 0 Å². The Morgan fingerprint density at radius 2 is 1.87 bits per heavy atom. The van der Waals surface area contributed by atoms with Gasteiger partial charge in [0.1, 0.15) is 0 Å². The number of nitrogen functional groups attached to an aromatic ring is 1. The van der Waals surface area contributed by atoms with Gasteiger partial charge in [0, 0.05) is 3.57 Å². The molecular formula is C7H5Cl2F3INO. The molecule has 0 spiro atoms. The zero-order valence-electron chi connectivity index (χ0n) is 6.94. The molecule has 0 aliphatic heterocycles. The number of hydrogen-bond acceptors (Lipinski definition) is 2. The monoisotopic (exact) mass is 373 g/mol. The first-order chi connectivity index (χ1) is 6.29. The Bertz CT molecular complexity index is 359. The second-order valence-corrected chi connectivity index (χ2v) is 3.92. The summed E-state index contributed by atoms with van der Waals surface area (Å²) in [7, 11) is 0. The van der Waals surface area contributed by atoms with E-state index in [1.807, 2.05) is 0 Å². The van der Waals surface area contributed by atoms with E-state index in [-0.39, 0.29) is 23.1 Å². The van der Waals surface area contributed by atoms with Gasteiger partial charge >= 0.3 is 6.36 Å². The van der Waals surface area contributed by atoms with Crippen LogP contribution >= 0.6 is 46.6 Å². The number of nitrogens with two attached hydrogens (primary N) is 1. The molecule has 0 saturated carbocycles. The topological polar surface area (TPSA) is 35.2 Å². The lowest BCUT2D eigenvalue weighted by Gasteiger charge is -2.11. The predicted molar refractivity (Wildman–Crippen MR) is 62.5 cm³/mol. The molecule has 0 aliphatic rings. The standard InChI is InChI=1S/C7H4ClF3INO.ClH/c8-3-1-5(13)6(2-4(3)12)14-7(9,10)11;/h1-2H,13H2;1H. The maximum Gasteiger partial charge on any atom is 0.573 e. The van der Waals surface area contributed by atoms with Gasteiger partial charge in [-0.05, 0) is 34.7 Å². The van der Waals surface area contributed by atoms with E-state index in [0.29, 0.717) is 3.57 Å². The lowest BCUT2D eigenvalue weighted by Crippen LogP contribution is -2.18. The molecule has 15 heavy (non-hydrogen) atoms. The quantitative estimate of drug-likeness (QED) is 0.599. The Hall–Kier alpha value is -0.0800. The first kappa shape index (κ1) is 14.9. The summed E-state index contributed by atoms with van der Waals surface area (Å²) in [5, 5.41) is 0.289. The SMILES string of the molecule is Cl.Nc1cc(Cl)c(I)cc1OC(F)(F)F. The third-order valence-corrected chi connectivity index (χ3v) is 2.80. The van der Waals surface area contributed by atoms with Crippen molar-refractivity contribution < 1.29 is 17.9 Å². The molecule has 0 amide bonds. The van der Waals surface area contributed by atoms with Crippen molar-refractivity contribution >= 4 is 52.3 Å². The van der Waals surface area contributed by atoms with Gasteiger partial charge in [-0.1, -0.05) is 11.6 Å². The van der Waals surface area contributed by atoms with Crippen LogP contribution in [0.4, 0.5) is 18.9 Å². The minimum Gasteiger partial charge on any atom is -0.404 e. The molecule has 0 radical (unpaired) electrons. The highest BCUT2D eigenvalue weighted by Crippen LogP contribution is 2.33. The number of benzene rings is 1. The highest BCUT2D eigenvalue weighted by molar-refractivity contribution is 14.1. The molecule has 2 N–H and O–H groups in total. The summed E-state index contributed by atoms with van der Waals surface area (Å²) in [6.45, 7) is 0. The Morgan fingerprint density at radius 3 is 2.33 bits per heavy atom. The summed E-state index contributed by atoms with van der Waals surface area (Å²) >= 11 is 7.42. The number of alkyl halides is 3. The van der Waals surface area contributed by atoms with E-state index in [0.717, 1.165) is 6.07 Å². The largest absolute Gasteiger partial charge is 0.573 e. The minimum absolute atomic E-state index is 0. The molecule has 0 saturated heterocycles. The van der Waals surface area contributed by atoms with E-state index < -0.39 is 12.1 Å².